The van der Waals surface area contributed by atoms with Crippen molar-refractivity contribution in [2.24, 2.45) is 0 Å². The largest absolute Gasteiger partial charge is 0.475 e. The number of hydrogen-bond acceptors (Lipinski definition) is 4. The monoisotopic (exact) mass is 128 g/mol. The first-order valence-corrected chi connectivity index (χ1v) is 3.67. The third-order valence-electron chi connectivity index (χ3n) is 0. The van der Waals surface area contributed by atoms with Gasteiger partial charge in [0.25, 0.3) is 0 Å². The lowest BCUT2D eigenvalue weighted by Gasteiger charge is -1.74. The zero-order valence-corrected chi connectivity index (χ0v) is 6.52. The normalized spacial score (nSPS) is 7.50. The van der Waals surface area contributed by atoms with E-state index in [1.54, 1.807) is 0 Å². The van der Waals surface area contributed by atoms with E-state index in [0.717, 1.165) is 0 Å². The molecule has 4 N–H and O–H groups in total. The summed E-state index contributed by atoms with van der Waals surface area (Å²) in [5.41, 5.74) is 0. The molecule has 0 saturated heterocycles. The Labute approximate surface area is 40.2 Å². The summed E-state index contributed by atoms with van der Waals surface area (Å²) in [6.07, 6.45) is 0. The molecule has 4 nitrogen and oxygen atoms in total. The van der Waals surface area contributed by atoms with Crippen LogP contribution in [0.3, 0.4) is 0 Å². The van der Waals surface area contributed by atoms with Crippen LogP contribution in [0.5, 0.6) is 0 Å². The maximum absolute atomic E-state index is 7.31. The highest BCUT2D eigenvalue weighted by Crippen LogP contribution is 1.40. The van der Waals surface area contributed by atoms with Crippen molar-refractivity contribution in [1.29, 1.82) is 0 Å². The van der Waals surface area contributed by atoms with E-state index in [9.17, 15) is 0 Å². The van der Waals surface area contributed by atoms with E-state index in [0.29, 0.717) is 10.5 Å². The molecule has 0 unspecified atom stereocenters. The standard InChI is InChI=1S/H4O3Si.H4OSi/c1-4(2)3;1-2/h1-4H;1H,2H3. The summed E-state index contributed by atoms with van der Waals surface area (Å²) < 4.78 is 0. The molecular formula is H8O4Si2. The lowest BCUT2D eigenvalue weighted by atomic mass is 15.8. The minimum atomic E-state index is -3.14. The molecule has 0 aliphatic heterocycles. The molecule has 0 spiro atoms. The molecule has 6 heavy (non-hydrogen) atoms. The fourth-order valence-corrected chi connectivity index (χ4v) is 0. The van der Waals surface area contributed by atoms with Crippen LogP contribution in [0.25, 0.3) is 0 Å². The lowest BCUT2D eigenvalue weighted by molar-refractivity contribution is 0.278. The third kappa shape index (κ3) is 611. The van der Waals surface area contributed by atoms with Gasteiger partial charge < -0.3 is 19.2 Å². The fourth-order valence-electron chi connectivity index (χ4n) is 0. The van der Waals surface area contributed by atoms with Crippen LogP contribution in [0.2, 0.25) is 0 Å². The molecule has 0 aromatic rings. The Bertz CT molecular complexity index is 10.3. The summed E-state index contributed by atoms with van der Waals surface area (Å²) in [6.45, 7) is 0. The highest BCUT2D eigenvalue weighted by Gasteiger charge is 1.83. The Morgan fingerprint density at radius 3 is 1.00 bits per heavy atom. The van der Waals surface area contributed by atoms with Crippen LogP contribution >= 0.6 is 0 Å². The van der Waals surface area contributed by atoms with Gasteiger partial charge in [0.2, 0.25) is 0 Å². The van der Waals surface area contributed by atoms with Gasteiger partial charge in [-0.15, -0.1) is 0 Å². The van der Waals surface area contributed by atoms with Gasteiger partial charge in [0.15, 0.2) is 0 Å². The molecule has 0 aromatic heterocycles. The molecule has 0 aromatic carbocycles. The first kappa shape index (κ1) is 9.55. The van der Waals surface area contributed by atoms with Gasteiger partial charge in [-0.2, -0.15) is 0 Å². The van der Waals surface area contributed by atoms with Crippen LogP contribution in [0.15, 0.2) is 0 Å². The van der Waals surface area contributed by atoms with Crippen molar-refractivity contribution in [3.8, 4) is 0 Å². The van der Waals surface area contributed by atoms with Crippen molar-refractivity contribution in [3.05, 3.63) is 0 Å². The second-order valence-electron chi connectivity index (χ2n) is 0.346. The molecule has 0 bridgehead atoms. The Balaban J connectivity index is 0. The zero-order chi connectivity index (χ0) is 5.58. The maximum atomic E-state index is 7.31. The molecule has 0 amide bonds. The predicted octanol–water partition coefficient (Wildman–Crippen LogP) is -4.06. The van der Waals surface area contributed by atoms with Crippen molar-refractivity contribution in [3.63, 3.8) is 0 Å². The van der Waals surface area contributed by atoms with Gasteiger partial charge in [-0.3, -0.25) is 0 Å². The summed E-state index contributed by atoms with van der Waals surface area (Å²) >= 11 is 0. The second-order valence-corrected chi connectivity index (χ2v) is 1.04. The van der Waals surface area contributed by atoms with Crippen LogP contribution in [0.1, 0.15) is 0 Å². The Hall–Kier alpha value is 0.274. The van der Waals surface area contributed by atoms with Crippen molar-refractivity contribution in [1.82, 2.24) is 0 Å². The van der Waals surface area contributed by atoms with Crippen LogP contribution in [0, 0.1) is 0 Å². The van der Waals surface area contributed by atoms with E-state index in [1.807, 2.05) is 0 Å². The van der Waals surface area contributed by atoms with Crippen molar-refractivity contribution < 1.29 is 19.2 Å². The van der Waals surface area contributed by atoms with Crippen LogP contribution in [-0.4, -0.2) is 39.2 Å². The van der Waals surface area contributed by atoms with Crippen molar-refractivity contribution in [2.45, 2.75) is 0 Å². The Kier molecular flexibility index (Phi) is 14.3. The van der Waals surface area contributed by atoms with Gasteiger partial charge >= 0.3 is 9.53 Å². The molecule has 0 fully saturated rings. The highest BCUT2D eigenvalue weighted by molar-refractivity contribution is 6.30. The smallest absolute Gasteiger partial charge is 0.442 e. The van der Waals surface area contributed by atoms with E-state index in [-0.39, 0.29) is 0 Å². The maximum Gasteiger partial charge on any atom is 0.475 e. The van der Waals surface area contributed by atoms with Crippen LogP contribution in [0.4, 0.5) is 0 Å². The summed E-state index contributed by atoms with van der Waals surface area (Å²) in [4.78, 5) is 29.1. The zero-order valence-electron chi connectivity index (χ0n) is 3.37. The molecule has 0 atom stereocenters. The van der Waals surface area contributed by atoms with Crippen molar-refractivity contribution in [2.75, 3.05) is 0 Å². The molecule has 0 aliphatic rings. The van der Waals surface area contributed by atoms with Gasteiger partial charge in [-0.05, 0) is 0 Å². The summed E-state index contributed by atoms with van der Waals surface area (Å²) in [6, 6.07) is 0. The van der Waals surface area contributed by atoms with Crippen LogP contribution < -0.4 is 0 Å². The quantitative estimate of drug-likeness (QED) is 0.250. The minimum absolute atomic E-state index is 0.306. The first-order chi connectivity index (χ1) is 2.73. The Morgan fingerprint density at radius 2 is 1.00 bits per heavy atom. The molecule has 40 valence electrons. The van der Waals surface area contributed by atoms with E-state index in [2.05, 4.69) is 0 Å². The molecule has 0 radical (unpaired) electrons. The third-order valence-corrected chi connectivity index (χ3v) is 0. The topological polar surface area (TPSA) is 80.9 Å². The molecule has 0 rings (SSSR count). The first-order valence-electron chi connectivity index (χ1n) is 1.22. The Morgan fingerprint density at radius 1 is 1.00 bits per heavy atom. The second kappa shape index (κ2) is 8.99. The SMILES string of the molecule is O[SiH3].O[SiH](O)O. The molecular weight excluding hydrogens is 120 g/mol. The fraction of sp³-hybridized carbons (Fsp3) is 0. The minimum Gasteiger partial charge on any atom is -0.442 e. The molecule has 6 heteroatoms. The summed E-state index contributed by atoms with van der Waals surface area (Å²) in [5, 5.41) is 0. The van der Waals surface area contributed by atoms with Crippen LogP contribution in [-0.2, 0) is 0 Å². The van der Waals surface area contributed by atoms with E-state index in [1.165, 1.54) is 0 Å². The van der Waals surface area contributed by atoms with E-state index in [4.69, 9.17) is 19.2 Å². The van der Waals surface area contributed by atoms with Gasteiger partial charge in [0.05, 0.1) is 0 Å². The van der Waals surface area contributed by atoms with E-state index < -0.39 is 9.53 Å². The predicted molar refractivity (Wildman–Crippen MR) is 26.0 cm³/mol. The van der Waals surface area contributed by atoms with Crippen molar-refractivity contribution >= 4 is 20.0 Å². The molecule has 0 heterocycles. The summed E-state index contributed by atoms with van der Waals surface area (Å²) in [5.74, 6) is 0. The molecule has 0 aliphatic carbocycles. The van der Waals surface area contributed by atoms with Gasteiger partial charge in [0, 0.05) is 0 Å². The molecule has 0 saturated carbocycles. The van der Waals surface area contributed by atoms with E-state index >= 15 is 0 Å². The van der Waals surface area contributed by atoms with Gasteiger partial charge in [-0.1, -0.05) is 0 Å². The van der Waals surface area contributed by atoms with Gasteiger partial charge in [0.1, 0.15) is 10.5 Å². The average Bonchev–Trinajstić information content (AvgIpc) is 1.41. The highest BCUT2D eigenvalue weighted by atomic mass is 28.3. The number of hydrogen-bond donors (Lipinski definition) is 4. The number of rotatable bonds is 0. The lowest BCUT2D eigenvalue weighted by Crippen LogP contribution is -2.07. The average molecular weight is 128 g/mol. The summed E-state index contributed by atoms with van der Waals surface area (Å²) in [7, 11) is -2.83. The van der Waals surface area contributed by atoms with Gasteiger partial charge in [-0.25, -0.2) is 0 Å².